The number of thioether (sulfide) groups is 1. The second kappa shape index (κ2) is 9.03. The van der Waals surface area contributed by atoms with E-state index in [4.69, 9.17) is 9.15 Å². The zero-order valence-corrected chi connectivity index (χ0v) is 17.1. The van der Waals surface area contributed by atoms with E-state index in [-0.39, 0.29) is 34.9 Å². The molecule has 7 nitrogen and oxygen atoms in total. The van der Waals surface area contributed by atoms with Crippen molar-refractivity contribution in [2.75, 3.05) is 6.61 Å². The second-order valence-electron chi connectivity index (χ2n) is 6.98. The number of hydrogen-bond acceptors (Lipinski definition) is 7. The summed E-state index contributed by atoms with van der Waals surface area (Å²) in [6, 6.07) is 7.50. The SMILES string of the molecule is CCOC(=O)[C@@H](C)Sc1nnc(CNC(=O)c2ccc(C(C)(C)C)cc2)o1. The highest BCUT2D eigenvalue weighted by Crippen LogP contribution is 2.23. The Balaban J connectivity index is 1.89. The first-order valence-electron chi connectivity index (χ1n) is 8.75. The Kier molecular flexibility index (Phi) is 7.01. The molecule has 1 amide bonds. The summed E-state index contributed by atoms with van der Waals surface area (Å²) < 4.78 is 10.4. The third-order valence-electron chi connectivity index (χ3n) is 3.76. The number of nitrogens with one attached hydrogen (secondary N) is 1. The van der Waals surface area contributed by atoms with Crippen molar-refractivity contribution in [3.8, 4) is 0 Å². The molecular weight excluding hydrogens is 366 g/mol. The van der Waals surface area contributed by atoms with E-state index < -0.39 is 5.25 Å². The number of aromatic nitrogens is 2. The topological polar surface area (TPSA) is 94.3 Å². The van der Waals surface area contributed by atoms with Gasteiger partial charge in [-0.2, -0.15) is 0 Å². The Labute approximate surface area is 163 Å². The fourth-order valence-electron chi connectivity index (χ4n) is 2.20. The monoisotopic (exact) mass is 391 g/mol. The van der Waals surface area contributed by atoms with Gasteiger partial charge in [-0.05, 0) is 37.0 Å². The molecule has 0 aliphatic rings. The maximum Gasteiger partial charge on any atom is 0.319 e. The fraction of sp³-hybridized carbons (Fsp3) is 0.474. The molecule has 2 aromatic rings. The van der Waals surface area contributed by atoms with Crippen LogP contribution in [0.15, 0.2) is 33.9 Å². The average molecular weight is 391 g/mol. The van der Waals surface area contributed by atoms with Crippen LogP contribution in [0.5, 0.6) is 0 Å². The van der Waals surface area contributed by atoms with Crippen LogP contribution in [0.4, 0.5) is 0 Å². The number of benzene rings is 1. The van der Waals surface area contributed by atoms with Gasteiger partial charge in [-0.15, -0.1) is 10.2 Å². The molecule has 1 aromatic heterocycles. The van der Waals surface area contributed by atoms with E-state index in [0.717, 1.165) is 17.3 Å². The number of nitrogens with zero attached hydrogens (tertiary/aromatic N) is 2. The van der Waals surface area contributed by atoms with Gasteiger partial charge in [-0.3, -0.25) is 9.59 Å². The highest BCUT2D eigenvalue weighted by Gasteiger charge is 2.19. The Morgan fingerprint density at radius 2 is 1.89 bits per heavy atom. The molecule has 0 radical (unpaired) electrons. The third kappa shape index (κ3) is 6.09. The molecule has 27 heavy (non-hydrogen) atoms. The van der Waals surface area contributed by atoms with Crippen LogP contribution in [0.1, 0.15) is 56.4 Å². The minimum atomic E-state index is -0.450. The van der Waals surface area contributed by atoms with Crippen molar-refractivity contribution >= 4 is 23.6 Å². The highest BCUT2D eigenvalue weighted by atomic mass is 32.2. The molecule has 2 rings (SSSR count). The summed E-state index contributed by atoms with van der Waals surface area (Å²) in [6.45, 7) is 10.2. The van der Waals surface area contributed by atoms with Gasteiger partial charge in [0.2, 0.25) is 5.89 Å². The maximum absolute atomic E-state index is 12.3. The lowest BCUT2D eigenvalue weighted by Crippen LogP contribution is -2.23. The van der Waals surface area contributed by atoms with Crippen molar-refractivity contribution in [1.82, 2.24) is 15.5 Å². The number of carbonyl (C=O) groups excluding carboxylic acids is 2. The van der Waals surface area contributed by atoms with E-state index in [1.54, 1.807) is 26.0 Å². The molecule has 146 valence electrons. The van der Waals surface area contributed by atoms with Gasteiger partial charge in [0.25, 0.3) is 11.1 Å². The molecule has 0 aliphatic carbocycles. The first kappa shape index (κ1) is 21.0. The van der Waals surface area contributed by atoms with Gasteiger partial charge in [0.1, 0.15) is 5.25 Å². The fourth-order valence-corrected chi connectivity index (χ4v) is 2.89. The second-order valence-corrected chi connectivity index (χ2v) is 8.28. The predicted octanol–water partition coefficient (Wildman–Crippen LogP) is 3.34. The summed E-state index contributed by atoms with van der Waals surface area (Å²) >= 11 is 1.12. The van der Waals surface area contributed by atoms with Gasteiger partial charge >= 0.3 is 5.97 Å². The van der Waals surface area contributed by atoms with Crippen LogP contribution < -0.4 is 5.32 Å². The van der Waals surface area contributed by atoms with Crippen LogP contribution in [0.3, 0.4) is 0 Å². The molecule has 0 aliphatic heterocycles. The molecule has 1 aromatic carbocycles. The largest absolute Gasteiger partial charge is 0.465 e. The van der Waals surface area contributed by atoms with Crippen molar-refractivity contribution in [2.24, 2.45) is 0 Å². The average Bonchev–Trinajstić information content (AvgIpc) is 3.06. The van der Waals surface area contributed by atoms with Gasteiger partial charge in [0.05, 0.1) is 13.2 Å². The number of carbonyl (C=O) groups is 2. The van der Waals surface area contributed by atoms with Crippen molar-refractivity contribution in [3.05, 3.63) is 41.3 Å². The highest BCUT2D eigenvalue weighted by molar-refractivity contribution is 8.00. The molecule has 8 heteroatoms. The minimum absolute atomic E-state index is 0.0352. The molecule has 0 saturated carbocycles. The Morgan fingerprint density at radius 3 is 2.48 bits per heavy atom. The van der Waals surface area contributed by atoms with E-state index in [0.29, 0.717) is 12.2 Å². The first-order valence-corrected chi connectivity index (χ1v) is 9.63. The number of rotatable bonds is 7. The molecule has 1 N–H and O–H groups in total. The third-order valence-corrected chi connectivity index (χ3v) is 4.67. The Morgan fingerprint density at radius 1 is 1.22 bits per heavy atom. The maximum atomic E-state index is 12.3. The molecule has 1 heterocycles. The van der Waals surface area contributed by atoms with Crippen LogP contribution in [0.25, 0.3) is 0 Å². The van der Waals surface area contributed by atoms with Crippen molar-refractivity contribution in [1.29, 1.82) is 0 Å². The smallest absolute Gasteiger partial charge is 0.319 e. The molecule has 0 spiro atoms. The number of esters is 1. The number of ether oxygens (including phenoxy) is 1. The van der Waals surface area contributed by atoms with Crippen LogP contribution in [0.2, 0.25) is 0 Å². The van der Waals surface area contributed by atoms with E-state index >= 15 is 0 Å². The molecule has 0 fully saturated rings. The van der Waals surface area contributed by atoms with Crippen LogP contribution in [-0.4, -0.2) is 33.9 Å². The van der Waals surface area contributed by atoms with Gasteiger partial charge in [0, 0.05) is 5.56 Å². The van der Waals surface area contributed by atoms with E-state index in [1.807, 2.05) is 12.1 Å². The van der Waals surface area contributed by atoms with Crippen LogP contribution in [0, 0.1) is 0 Å². The first-order chi connectivity index (χ1) is 12.7. The zero-order valence-electron chi connectivity index (χ0n) is 16.2. The molecule has 1 atom stereocenters. The van der Waals surface area contributed by atoms with Crippen molar-refractivity contribution in [2.45, 2.75) is 57.1 Å². The standard InChI is InChI=1S/C19H25N3O4S/c1-6-25-17(24)12(2)27-18-22-21-15(26-18)11-20-16(23)13-7-9-14(10-8-13)19(3,4)5/h7-10,12H,6,11H2,1-5H3,(H,20,23)/t12-/m1/s1. The van der Waals surface area contributed by atoms with Crippen LogP contribution in [-0.2, 0) is 21.5 Å². The molecule has 0 bridgehead atoms. The van der Waals surface area contributed by atoms with Gasteiger partial charge in [0.15, 0.2) is 0 Å². The molecule has 0 saturated heterocycles. The van der Waals surface area contributed by atoms with E-state index in [9.17, 15) is 9.59 Å². The quantitative estimate of drug-likeness (QED) is 0.571. The lowest BCUT2D eigenvalue weighted by molar-refractivity contribution is -0.142. The Hall–Kier alpha value is -2.35. The van der Waals surface area contributed by atoms with E-state index in [1.165, 1.54) is 0 Å². The van der Waals surface area contributed by atoms with Gasteiger partial charge in [-0.25, -0.2) is 0 Å². The van der Waals surface area contributed by atoms with E-state index in [2.05, 4.69) is 36.3 Å². The summed E-state index contributed by atoms with van der Waals surface area (Å²) in [6.07, 6.45) is 0. The molecule has 0 unspecified atom stereocenters. The summed E-state index contributed by atoms with van der Waals surface area (Å²) in [4.78, 5) is 23.9. The Bertz CT molecular complexity index is 781. The predicted molar refractivity (Wildman–Crippen MR) is 103 cm³/mol. The summed E-state index contributed by atoms with van der Waals surface area (Å²) in [5.41, 5.74) is 1.76. The van der Waals surface area contributed by atoms with Gasteiger partial charge in [-0.1, -0.05) is 44.7 Å². The summed E-state index contributed by atoms with van der Waals surface area (Å²) in [7, 11) is 0. The minimum Gasteiger partial charge on any atom is -0.465 e. The summed E-state index contributed by atoms with van der Waals surface area (Å²) in [5, 5.41) is 10.3. The summed E-state index contributed by atoms with van der Waals surface area (Å²) in [5.74, 6) is -0.287. The number of hydrogen-bond donors (Lipinski definition) is 1. The number of amides is 1. The van der Waals surface area contributed by atoms with Crippen molar-refractivity contribution < 1.29 is 18.7 Å². The lowest BCUT2D eigenvalue weighted by atomic mass is 9.87. The van der Waals surface area contributed by atoms with Crippen molar-refractivity contribution in [3.63, 3.8) is 0 Å². The van der Waals surface area contributed by atoms with Crippen LogP contribution >= 0.6 is 11.8 Å². The molecular formula is C19H25N3O4S. The normalized spacial score (nSPS) is 12.5. The van der Waals surface area contributed by atoms with Gasteiger partial charge < -0.3 is 14.5 Å². The zero-order chi connectivity index (χ0) is 20.0. The lowest BCUT2D eigenvalue weighted by Gasteiger charge is -2.18.